The molecule has 0 saturated heterocycles. The molecule has 5 nitrogen and oxygen atoms in total. The fraction of sp³-hybridized carbons (Fsp3) is 0.381. The first kappa shape index (κ1) is 19.2. The lowest BCUT2D eigenvalue weighted by atomic mass is 9.97. The largest absolute Gasteiger partial charge is 0.468 e. The summed E-state index contributed by atoms with van der Waals surface area (Å²) in [5, 5.41) is 0.898. The van der Waals surface area contributed by atoms with Crippen molar-refractivity contribution in [3.05, 3.63) is 56.7 Å². The number of hydrogen-bond acceptors (Lipinski definition) is 6. The number of thiophene rings is 1. The van der Waals surface area contributed by atoms with Crippen LogP contribution in [0.4, 0.5) is 0 Å². The van der Waals surface area contributed by atoms with E-state index in [1.807, 2.05) is 30.3 Å². The summed E-state index contributed by atoms with van der Waals surface area (Å²) in [7, 11) is 1.38. The van der Waals surface area contributed by atoms with Crippen molar-refractivity contribution in [1.82, 2.24) is 9.55 Å². The third kappa shape index (κ3) is 3.61. The van der Waals surface area contributed by atoms with Crippen molar-refractivity contribution in [3.8, 4) is 0 Å². The molecule has 0 amide bonds. The van der Waals surface area contributed by atoms with Crippen molar-refractivity contribution in [2.75, 3.05) is 7.11 Å². The number of carbonyl (C=O) groups excluding carboxylic acids is 1. The number of aryl methyl sites for hydroxylation is 2. The molecule has 1 aromatic carbocycles. The molecule has 0 radical (unpaired) electrons. The van der Waals surface area contributed by atoms with Crippen molar-refractivity contribution in [2.24, 2.45) is 0 Å². The molecule has 0 fully saturated rings. The Hall–Kier alpha value is -2.12. The summed E-state index contributed by atoms with van der Waals surface area (Å²) in [5.74, 6) is -0.323. The van der Waals surface area contributed by atoms with Gasteiger partial charge in [0.05, 0.1) is 19.0 Å². The Morgan fingerprint density at radius 2 is 2.04 bits per heavy atom. The Labute approximate surface area is 171 Å². The molecule has 1 aliphatic rings. The lowest BCUT2D eigenvalue weighted by molar-refractivity contribution is -0.139. The third-order valence-corrected chi connectivity index (χ3v) is 7.29. The molecule has 0 aliphatic heterocycles. The van der Waals surface area contributed by atoms with Gasteiger partial charge in [0.1, 0.15) is 10.1 Å². The van der Waals surface area contributed by atoms with Crippen LogP contribution in [-0.4, -0.2) is 27.9 Å². The zero-order chi connectivity index (χ0) is 19.7. The number of aromatic nitrogens is 2. The molecule has 4 rings (SSSR count). The standard InChI is InChI=1S/C21H22N2O3S2/c1-13(20(25)26-2)27-21-22-18-17(15-10-6-7-11-16(15)28-18)19(24)23(21)12-14-8-4-3-5-9-14/h3-5,8-9,13H,6-7,10-12H2,1-2H3/t13-/m0/s1. The molecule has 7 heteroatoms. The van der Waals surface area contributed by atoms with Gasteiger partial charge in [-0.2, -0.15) is 0 Å². The second kappa shape index (κ2) is 8.09. The molecule has 2 heterocycles. The monoisotopic (exact) mass is 414 g/mol. The summed E-state index contributed by atoms with van der Waals surface area (Å²) in [6.07, 6.45) is 4.25. The van der Waals surface area contributed by atoms with Gasteiger partial charge in [-0.3, -0.25) is 14.2 Å². The number of rotatable bonds is 5. The maximum atomic E-state index is 13.5. The normalized spacial score (nSPS) is 14.6. The average molecular weight is 415 g/mol. The first-order valence-corrected chi connectivity index (χ1v) is 11.1. The lowest BCUT2D eigenvalue weighted by Gasteiger charge is -2.15. The summed E-state index contributed by atoms with van der Waals surface area (Å²) in [5.41, 5.74) is 2.21. The molecule has 0 N–H and O–H groups in total. The van der Waals surface area contributed by atoms with E-state index in [1.165, 1.54) is 35.7 Å². The molecular weight excluding hydrogens is 392 g/mol. The zero-order valence-electron chi connectivity index (χ0n) is 15.9. The lowest BCUT2D eigenvalue weighted by Crippen LogP contribution is -2.26. The Kier molecular flexibility index (Phi) is 5.55. The van der Waals surface area contributed by atoms with E-state index in [9.17, 15) is 9.59 Å². The van der Waals surface area contributed by atoms with Crippen molar-refractivity contribution < 1.29 is 9.53 Å². The number of nitrogens with zero attached hydrogens (tertiary/aromatic N) is 2. The van der Waals surface area contributed by atoms with Crippen LogP contribution in [0.15, 0.2) is 40.3 Å². The van der Waals surface area contributed by atoms with Crippen molar-refractivity contribution in [1.29, 1.82) is 0 Å². The number of fused-ring (bicyclic) bond motifs is 3. The van der Waals surface area contributed by atoms with E-state index in [-0.39, 0.29) is 11.5 Å². The molecule has 3 aromatic rings. The molecule has 1 aliphatic carbocycles. The molecule has 0 unspecified atom stereocenters. The van der Waals surface area contributed by atoms with Gasteiger partial charge in [-0.15, -0.1) is 11.3 Å². The van der Waals surface area contributed by atoms with Crippen LogP contribution >= 0.6 is 23.1 Å². The van der Waals surface area contributed by atoms with Crippen LogP contribution in [0.5, 0.6) is 0 Å². The van der Waals surface area contributed by atoms with Crippen molar-refractivity contribution in [3.63, 3.8) is 0 Å². The number of methoxy groups -OCH3 is 1. The number of hydrogen-bond donors (Lipinski definition) is 0. The first-order chi connectivity index (χ1) is 13.6. The van der Waals surface area contributed by atoms with Gasteiger partial charge in [0.25, 0.3) is 5.56 Å². The fourth-order valence-corrected chi connectivity index (χ4v) is 5.82. The summed E-state index contributed by atoms with van der Waals surface area (Å²) in [6, 6.07) is 9.87. The van der Waals surface area contributed by atoms with Crippen LogP contribution in [0.1, 0.15) is 35.8 Å². The first-order valence-electron chi connectivity index (χ1n) is 9.42. The van der Waals surface area contributed by atoms with E-state index >= 15 is 0 Å². The Morgan fingerprint density at radius 1 is 1.29 bits per heavy atom. The highest BCUT2D eigenvalue weighted by atomic mass is 32.2. The van der Waals surface area contributed by atoms with Gasteiger partial charge in [-0.25, -0.2) is 4.98 Å². The van der Waals surface area contributed by atoms with E-state index in [4.69, 9.17) is 9.72 Å². The molecule has 146 valence electrons. The predicted molar refractivity (Wildman–Crippen MR) is 113 cm³/mol. The quantitative estimate of drug-likeness (QED) is 0.358. The van der Waals surface area contributed by atoms with Crippen LogP contribution in [0, 0.1) is 0 Å². The minimum Gasteiger partial charge on any atom is -0.468 e. The second-order valence-corrected chi connectivity index (χ2v) is 9.34. The van der Waals surface area contributed by atoms with Gasteiger partial charge >= 0.3 is 5.97 Å². The zero-order valence-corrected chi connectivity index (χ0v) is 17.6. The van der Waals surface area contributed by atoms with E-state index in [0.717, 1.165) is 35.0 Å². The molecule has 0 bridgehead atoms. The highest BCUT2D eigenvalue weighted by Crippen LogP contribution is 2.35. The van der Waals surface area contributed by atoms with E-state index < -0.39 is 5.25 Å². The van der Waals surface area contributed by atoms with Crippen molar-refractivity contribution >= 4 is 39.3 Å². The predicted octanol–water partition coefficient (Wildman–Crippen LogP) is 4.04. The average Bonchev–Trinajstić information content (AvgIpc) is 3.09. The number of ether oxygens (including phenoxy) is 1. The van der Waals surface area contributed by atoms with Gasteiger partial charge in [-0.05, 0) is 43.7 Å². The fourth-order valence-electron chi connectivity index (χ4n) is 3.59. The van der Waals surface area contributed by atoms with Gasteiger partial charge < -0.3 is 4.74 Å². The maximum absolute atomic E-state index is 13.5. The van der Waals surface area contributed by atoms with Gasteiger partial charge in [0, 0.05) is 4.88 Å². The summed E-state index contributed by atoms with van der Waals surface area (Å²) in [6.45, 7) is 2.21. The Bertz CT molecular complexity index is 1070. The van der Waals surface area contributed by atoms with Crippen LogP contribution in [0.3, 0.4) is 0 Å². The number of carbonyl (C=O) groups is 1. The number of thioether (sulfide) groups is 1. The van der Waals surface area contributed by atoms with E-state index in [1.54, 1.807) is 22.8 Å². The highest BCUT2D eigenvalue weighted by molar-refractivity contribution is 8.00. The minimum absolute atomic E-state index is 0.00665. The summed E-state index contributed by atoms with van der Waals surface area (Å²) in [4.78, 5) is 32.4. The molecule has 1 atom stereocenters. The minimum atomic E-state index is -0.439. The van der Waals surface area contributed by atoms with Crippen LogP contribution in [0.25, 0.3) is 10.2 Å². The number of esters is 1. The maximum Gasteiger partial charge on any atom is 0.318 e. The van der Waals surface area contributed by atoms with Crippen LogP contribution in [0.2, 0.25) is 0 Å². The highest BCUT2D eigenvalue weighted by Gasteiger charge is 2.24. The Morgan fingerprint density at radius 3 is 2.79 bits per heavy atom. The van der Waals surface area contributed by atoms with Gasteiger partial charge in [-0.1, -0.05) is 42.1 Å². The summed E-state index contributed by atoms with van der Waals surface area (Å²) < 4.78 is 6.57. The molecule has 0 saturated carbocycles. The molecule has 28 heavy (non-hydrogen) atoms. The third-order valence-electron chi connectivity index (χ3n) is 5.04. The molecule has 2 aromatic heterocycles. The molecular formula is C21H22N2O3S2. The summed E-state index contributed by atoms with van der Waals surface area (Å²) >= 11 is 2.91. The van der Waals surface area contributed by atoms with Gasteiger partial charge in [0.15, 0.2) is 5.16 Å². The van der Waals surface area contributed by atoms with Crippen LogP contribution in [-0.2, 0) is 28.9 Å². The van der Waals surface area contributed by atoms with Crippen LogP contribution < -0.4 is 5.56 Å². The SMILES string of the molecule is COC(=O)[C@H](C)Sc1nc2sc3c(c2c(=O)n1Cc1ccccc1)CCCC3. The topological polar surface area (TPSA) is 61.2 Å². The van der Waals surface area contributed by atoms with Gasteiger partial charge in [0.2, 0.25) is 0 Å². The Balaban J connectivity index is 1.86. The van der Waals surface area contributed by atoms with E-state index in [2.05, 4.69) is 0 Å². The van der Waals surface area contributed by atoms with E-state index in [0.29, 0.717) is 11.7 Å². The molecule has 0 spiro atoms. The van der Waals surface area contributed by atoms with Crippen molar-refractivity contribution in [2.45, 2.75) is 49.6 Å². The number of benzene rings is 1. The smallest absolute Gasteiger partial charge is 0.318 e. The second-order valence-electron chi connectivity index (χ2n) is 6.95.